The lowest BCUT2D eigenvalue weighted by Gasteiger charge is -2.31. The molecule has 2 unspecified atom stereocenters. The Morgan fingerprint density at radius 1 is 1.07 bits per heavy atom. The Balaban J connectivity index is 1.24. The van der Waals surface area contributed by atoms with Crippen LogP contribution in [0.4, 0.5) is 0 Å². The van der Waals surface area contributed by atoms with Crippen molar-refractivity contribution >= 4 is 23.2 Å². The lowest BCUT2D eigenvalue weighted by molar-refractivity contribution is -0.127. The number of aliphatic imine (C=N–C) groups is 1. The summed E-state index contributed by atoms with van der Waals surface area (Å²) in [6.07, 6.45) is 12.1. The lowest BCUT2D eigenvalue weighted by atomic mass is 9.91. The number of carbonyl (C=O) groups excluding carboxylic acids is 1. The summed E-state index contributed by atoms with van der Waals surface area (Å²) in [4.78, 5) is 22.5. The fraction of sp³-hybridized carbons (Fsp3) is 0.412. The second-order valence-corrected chi connectivity index (χ2v) is 11.5. The molecule has 8 nitrogen and oxygen atoms in total. The molecule has 1 saturated heterocycles. The Hall–Kier alpha value is -4.04. The number of rotatable bonds is 13. The van der Waals surface area contributed by atoms with Crippen LogP contribution in [0, 0.1) is 16.7 Å². The predicted octanol–water partition coefficient (Wildman–Crippen LogP) is 5.81. The molecule has 1 aliphatic heterocycles. The Morgan fingerprint density at radius 2 is 1.74 bits per heavy atom. The number of para-hydroxylation sites is 1. The van der Waals surface area contributed by atoms with Gasteiger partial charge in [0.2, 0.25) is 5.91 Å². The van der Waals surface area contributed by atoms with Gasteiger partial charge < -0.3 is 25.8 Å². The summed E-state index contributed by atoms with van der Waals surface area (Å²) in [6.45, 7) is 7.60. The molecule has 0 radical (unpaired) electrons. The van der Waals surface area contributed by atoms with Crippen LogP contribution in [0.2, 0.25) is 0 Å². The quantitative estimate of drug-likeness (QED) is 0.162. The maximum Gasteiger partial charge on any atom is 0.246 e. The minimum absolute atomic E-state index is 0.0324. The first-order valence-corrected chi connectivity index (χ1v) is 15.1. The molecule has 2 aromatic rings. The molecule has 2 aliphatic carbocycles. The van der Waals surface area contributed by atoms with Gasteiger partial charge in [0.1, 0.15) is 17.3 Å². The van der Waals surface area contributed by atoms with E-state index in [1.165, 1.54) is 25.7 Å². The van der Waals surface area contributed by atoms with E-state index in [2.05, 4.69) is 16.8 Å². The van der Waals surface area contributed by atoms with E-state index in [0.717, 1.165) is 25.1 Å². The van der Waals surface area contributed by atoms with Crippen LogP contribution >= 0.6 is 0 Å². The first-order chi connectivity index (χ1) is 20.4. The molecular formula is C34H42N6O2. The van der Waals surface area contributed by atoms with Gasteiger partial charge in [-0.05, 0) is 93.6 Å². The van der Waals surface area contributed by atoms with Gasteiger partial charge in [0.05, 0.1) is 17.7 Å². The van der Waals surface area contributed by atoms with Crippen LogP contribution in [0.1, 0.15) is 51.0 Å². The standard InChI is InChI=1S/C34H42N6O2/c1-3-37-34(32(24(2)35)33(36)25-13-19-30(20-14-25)42-29-10-5-4-6-11-29)38-26-9-7-21-39(23-26)31(41)12-8-22-40(27-15-16-27)28-17-18-28/h3-6,8,10-14,19-20,26-28,32,35-36H,1,7,9,15-18,21-23H2,2H3,(H,37,38). The first kappa shape index (κ1) is 29.5. The van der Waals surface area contributed by atoms with Gasteiger partial charge in [-0.3, -0.25) is 14.7 Å². The highest BCUT2D eigenvalue weighted by molar-refractivity contribution is 6.26. The number of hydrogen-bond acceptors (Lipinski definition) is 6. The second-order valence-electron chi connectivity index (χ2n) is 11.5. The molecule has 1 heterocycles. The Morgan fingerprint density at radius 3 is 2.36 bits per heavy atom. The molecule has 3 fully saturated rings. The van der Waals surface area contributed by atoms with Crippen molar-refractivity contribution in [2.45, 2.75) is 63.6 Å². The minimum Gasteiger partial charge on any atom is -0.457 e. The number of hydrogen-bond donors (Lipinski definition) is 3. The van der Waals surface area contributed by atoms with E-state index in [1.54, 1.807) is 19.2 Å². The van der Waals surface area contributed by atoms with Crippen molar-refractivity contribution in [2.24, 2.45) is 10.9 Å². The van der Waals surface area contributed by atoms with Crippen LogP contribution in [0.25, 0.3) is 0 Å². The topological polar surface area (TPSA) is 105 Å². The molecule has 8 heteroatoms. The number of nitrogens with one attached hydrogen (secondary N) is 3. The summed E-state index contributed by atoms with van der Waals surface area (Å²) < 4.78 is 5.90. The van der Waals surface area contributed by atoms with Gasteiger partial charge in [-0.15, -0.1) is 0 Å². The SMILES string of the molecule is C=CNC(=NC1CCCN(C(=O)C=CCN(C2CC2)C2CC2)C1)C(C(C)=N)C(=N)c1ccc(Oc2ccccc2)cc1. The third-order valence-electron chi connectivity index (χ3n) is 8.03. The fourth-order valence-electron chi connectivity index (χ4n) is 5.60. The normalized spacial score (nSPS) is 19.9. The molecule has 220 valence electrons. The average molecular weight is 567 g/mol. The predicted molar refractivity (Wildman–Crippen MR) is 169 cm³/mol. The van der Waals surface area contributed by atoms with E-state index in [1.807, 2.05) is 65.6 Å². The molecule has 5 rings (SSSR count). The molecule has 42 heavy (non-hydrogen) atoms. The number of amides is 1. The van der Waals surface area contributed by atoms with E-state index in [9.17, 15) is 4.79 Å². The summed E-state index contributed by atoms with van der Waals surface area (Å²) >= 11 is 0. The summed E-state index contributed by atoms with van der Waals surface area (Å²) in [5.74, 6) is 1.29. The van der Waals surface area contributed by atoms with E-state index in [0.29, 0.717) is 48.0 Å². The van der Waals surface area contributed by atoms with Crippen molar-refractivity contribution in [1.82, 2.24) is 15.1 Å². The Kier molecular flexibility index (Phi) is 9.64. The summed E-state index contributed by atoms with van der Waals surface area (Å²) in [5, 5.41) is 20.7. The Bertz CT molecular complexity index is 1320. The van der Waals surface area contributed by atoms with E-state index < -0.39 is 5.92 Å². The van der Waals surface area contributed by atoms with Crippen molar-refractivity contribution < 1.29 is 9.53 Å². The number of piperidine rings is 1. The number of ether oxygens (including phenoxy) is 1. The third-order valence-corrected chi connectivity index (χ3v) is 8.03. The van der Waals surface area contributed by atoms with E-state index >= 15 is 0 Å². The zero-order valence-corrected chi connectivity index (χ0v) is 24.5. The zero-order chi connectivity index (χ0) is 29.5. The number of carbonyl (C=O) groups is 1. The number of amidine groups is 1. The third kappa shape index (κ3) is 7.82. The van der Waals surface area contributed by atoms with Crippen LogP contribution in [0.5, 0.6) is 11.5 Å². The minimum atomic E-state index is -0.661. The van der Waals surface area contributed by atoms with Crippen LogP contribution in [-0.2, 0) is 4.79 Å². The van der Waals surface area contributed by atoms with Gasteiger partial charge in [0, 0.05) is 43.5 Å². The van der Waals surface area contributed by atoms with Crippen molar-refractivity contribution in [1.29, 1.82) is 10.8 Å². The van der Waals surface area contributed by atoms with E-state index in [4.69, 9.17) is 20.5 Å². The van der Waals surface area contributed by atoms with Gasteiger partial charge in [0.15, 0.2) is 0 Å². The fourth-order valence-corrected chi connectivity index (χ4v) is 5.60. The van der Waals surface area contributed by atoms with Crippen molar-refractivity contribution in [3.8, 4) is 11.5 Å². The molecule has 0 bridgehead atoms. The molecule has 3 aliphatic rings. The second kappa shape index (κ2) is 13.7. The summed E-state index contributed by atoms with van der Waals surface area (Å²) in [6, 6.07) is 18.2. The Labute approximate surface area is 249 Å². The van der Waals surface area contributed by atoms with Crippen LogP contribution in [-0.4, -0.2) is 70.7 Å². The van der Waals surface area contributed by atoms with Crippen LogP contribution in [0.3, 0.4) is 0 Å². The average Bonchev–Trinajstić information content (AvgIpc) is 3.92. The van der Waals surface area contributed by atoms with Gasteiger partial charge in [-0.1, -0.05) is 30.9 Å². The maximum absolute atomic E-state index is 13.0. The van der Waals surface area contributed by atoms with Gasteiger partial charge in [-0.25, -0.2) is 0 Å². The molecule has 0 aromatic heterocycles. The van der Waals surface area contributed by atoms with E-state index in [-0.39, 0.29) is 17.7 Å². The van der Waals surface area contributed by atoms with Crippen molar-refractivity contribution in [3.05, 3.63) is 85.1 Å². The summed E-state index contributed by atoms with van der Waals surface area (Å²) in [7, 11) is 0. The molecule has 2 aromatic carbocycles. The van der Waals surface area contributed by atoms with Crippen LogP contribution in [0.15, 0.2) is 84.5 Å². The largest absolute Gasteiger partial charge is 0.457 e. The molecule has 3 N–H and O–H groups in total. The molecule has 0 spiro atoms. The highest BCUT2D eigenvalue weighted by Gasteiger charge is 2.38. The zero-order valence-electron chi connectivity index (χ0n) is 24.5. The van der Waals surface area contributed by atoms with Crippen molar-refractivity contribution in [3.63, 3.8) is 0 Å². The number of likely N-dealkylation sites (tertiary alicyclic amines) is 1. The molecule has 2 atom stereocenters. The highest BCUT2D eigenvalue weighted by Crippen LogP contribution is 2.37. The smallest absolute Gasteiger partial charge is 0.246 e. The van der Waals surface area contributed by atoms with Crippen LogP contribution < -0.4 is 10.1 Å². The first-order valence-electron chi connectivity index (χ1n) is 15.1. The molecular weight excluding hydrogens is 524 g/mol. The summed E-state index contributed by atoms with van der Waals surface area (Å²) in [5.41, 5.74) is 1.26. The van der Waals surface area contributed by atoms with Crippen molar-refractivity contribution in [2.75, 3.05) is 19.6 Å². The number of benzene rings is 2. The monoisotopic (exact) mass is 566 g/mol. The van der Waals surface area contributed by atoms with Gasteiger partial charge in [0.25, 0.3) is 0 Å². The number of nitrogens with zero attached hydrogens (tertiary/aromatic N) is 3. The highest BCUT2D eigenvalue weighted by atomic mass is 16.5. The lowest BCUT2D eigenvalue weighted by Crippen LogP contribution is -2.43. The van der Waals surface area contributed by atoms with Gasteiger partial charge >= 0.3 is 0 Å². The molecule has 2 saturated carbocycles. The molecule has 1 amide bonds. The van der Waals surface area contributed by atoms with Gasteiger partial charge in [-0.2, -0.15) is 0 Å². The maximum atomic E-state index is 13.0.